The SMILES string of the molecule is CC(C)C1CCCN1C(=O)CC1(CC(=O)O)CCCCC1. The second-order valence-corrected chi connectivity index (χ2v) is 7.35. The Morgan fingerprint density at radius 1 is 1.14 bits per heavy atom. The highest BCUT2D eigenvalue weighted by molar-refractivity contribution is 5.79. The summed E-state index contributed by atoms with van der Waals surface area (Å²) in [5.74, 6) is -0.0842. The Bertz CT molecular complexity index is 385. The molecular weight excluding hydrogens is 266 g/mol. The van der Waals surface area contributed by atoms with E-state index < -0.39 is 5.97 Å². The number of rotatable bonds is 5. The molecule has 1 saturated heterocycles. The molecule has 1 amide bonds. The Balaban J connectivity index is 2.05. The first kappa shape index (κ1) is 16.3. The van der Waals surface area contributed by atoms with Crippen LogP contribution in [0, 0.1) is 11.3 Å². The Morgan fingerprint density at radius 3 is 2.38 bits per heavy atom. The van der Waals surface area contributed by atoms with E-state index in [0.29, 0.717) is 18.4 Å². The molecule has 1 unspecified atom stereocenters. The Labute approximate surface area is 127 Å². The van der Waals surface area contributed by atoms with Gasteiger partial charge in [-0.15, -0.1) is 0 Å². The van der Waals surface area contributed by atoms with Crippen molar-refractivity contribution in [3.63, 3.8) is 0 Å². The van der Waals surface area contributed by atoms with Gasteiger partial charge in [-0.05, 0) is 37.0 Å². The molecule has 2 aliphatic rings. The van der Waals surface area contributed by atoms with Gasteiger partial charge >= 0.3 is 5.97 Å². The highest BCUT2D eigenvalue weighted by Crippen LogP contribution is 2.43. The maximum Gasteiger partial charge on any atom is 0.303 e. The minimum Gasteiger partial charge on any atom is -0.481 e. The van der Waals surface area contributed by atoms with E-state index in [1.807, 2.05) is 4.90 Å². The fourth-order valence-corrected chi connectivity index (χ4v) is 4.26. The molecule has 1 aliphatic heterocycles. The van der Waals surface area contributed by atoms with E-state index in [1.165, 1.54) is 6.42 Å². The molecule has 2 rings (SSSR count). The Hall–Kier alpha value is -1.06. The smallest absolute Gasteiger partial charge is 0.303 e. The quantitative estimate of drug-likeness (QED) is 0.845. The third kappa shape index (κ3) is 3.98. The van der Waals surface area contributed by atoms with E-state index in [0.717, 1.165) is 45.1 Å². The molecule has 1 N–H and O–H groups in total. The predicted molar refractivity (Wildman–Crippen MR) is 82.0 cm³/mol. The topological polar surface area (TPSA) is 57.6 Å². The average Bonchev–Trinajstić information content (AvgIpc) is 2.87. The van der Waals surface area contributed by atoms with Gasteiger partial charge in [0.15, 0.2) is 0 Å². The van der Waals surface area contributed by atoms with Crippen LogP contribution >= 0.6 is 0 Å². The lowest BCUT2D eigenvalue weighted by atomic mass is 9.69. The third-order valence-corrected chi connectivity index (χ3v) is 5.36. The highest BCUT2D eigenvalue weighted by atomic mass is 16.4. The number of aliphatic carboxylic acids is 1. The number of nitrogens with zero attached hydrogens (tertiary/aromatic N) is 1. The number of carbonyl (C=O) groups excluding carboxylic acids is 1. The van der Waals surface area contributed by atoms with Crippen LogP contribution in [0.4, 0.5) is 0 Å². The van der Waals surface area contributed by atoms with E-state index in [-0.39, 0.29) is 17.7 Å². The van der Waals surface area contributed by atoms with E-state index in [4.69, 9.17) is 0 Å². The molecule has 2 fully saturated rings. The standard InChI is InChI=1S/C17H29NO3/c1-13(2)14-7-6-10-18(14)15(19)11-17(12-16(20)21)8-4-3-5-9-17/h13-14H,3-12H2,1-2H3,(H,20,21). The summed E-state index contributed by atoms with van der Waals surface area (Å²) in [6.07, 6.45) is 7.85. The average molecular weight is 295 g/mol. The number of hydrogen-bond donors (Lipinski definition) is 1. The van der Waals surface area contributed by atoms with Gasteiger partial charge in [-0.3, -0.25) is 9.59 Å². The largest absolute Gasteiger partial charge is 0.481 e. The predicted octanol–water partition coefficient (Wildman–Crippen LogP) is 3.45. The van der Waals surface area contributed by atoms with Crippen molar-refractivity contribution < 1.29 is 14.7 Å². The normalized spacial score (nSPS) is 25.3. The lowest BCUT2D eigenvalue weighted by Gasteiger charge is -2.38. The number of carboxylic acids is 1. The van der Waals surface area contributed by atoms with Gasteiger partial charge in [0.2, 0.25) is 5.91 Å². The first-order chi connectivity index (χ1) is 9.93. The Kier molecular flexibility index (Phi) is 5.28. The van der Waals surface area contributed by atoms with Crippen LogP contribution in [0.15, 0.2) is 0 Å². The number of likely N-dealkylation sites (tertiary alicyclic amines) is 1. The van der Waals surface area contributed by atoms with Crippen LogP contribution in [0.1, 0.15) is 71.6 Å². The lowest BCUT2D eigenvalue weighted by Crippen LogP contribution is -2.42. The molecule has 21 heavy (non-hydrogen) atoms. The zero-order chi connectivity index (χ0) is 15.5. The van der Waals surface area contributed by atoms with E-state index >= 15 is 0 Å². The van der Waals surface area contributed by atoms with Gasteiger partial charge in [0.05, 0.1) is 6.42 Å². The van der Waals surface area contributed by atoms with Gasteiger partial charge in [-0.1, -0.05) is 33.1 Å². The van der Waals surface area contributed by atoms with Gasteiger partial charge in [0, 0.05) is 19.0 Å². The molecule has 1 heterocycles. The summed E-state index contributed by atoms with van der Waals surface area (Å²) in [6.45, 7) is 5.19. The summed E-state index contributed by atoms with van der Waals surface area (Å²) in [7, 11) is 0. The second-order valence-electron chi connectivity index (χ2n) is 7.35. The molecule has 1 aliphatic carbocycles. The van der Waals surface area contributed by atoms with Crippen LogP contribution in [-0.4, -0.2) is 34.5 Å². The molecule has 4 heteroatoms. The summed E-state index contributed by atoms with van der Waals surface area (Å²) in [6, 6.07) is 0.350. The van der Waals surface area contributed by atoms with E-state index in [1.54, 1.807) is 0 Å². The van der Waals surface area contributed by atoms with Gasteiger partial charge < -0.3 is 10.0 Å². The van der Waals surface area contributed by atoms with E-state index in [9.17, 15) is 14.7 Å². The molecule has 1 atom stereocenters. The van der Waals surface area contributed by atoms with Crippen LogP contribution in [-0.2, 0) is 9.59 Å². The number of carboxylic acid groups (broad SMARTS) is 1. The van der Waals surface area contributed by atoms with Crippen molar-refractivity contribution in [1.82, 2.24) is 4.90 Å². The fourth-order valence-electron chi connectivity index (χ4n) is 4.26. The summed E-state index contributed by atoms with van der Waals surface area (Å²) in [4.78, 5) is 26.0. The Morgan fingerprint density at radius 2 is 1.81 bits per heavy atom. The van der Waals surface area contributed by atoms with Crippen LogP contribution < -0.4 is 0 Å². The number of amides is 1. The molecule has 0 bridgehead atoms. The van der Waals surface area contributed by atoms with Gasteiger partial charge in [0.25, 0.3) is 0 Å². The summed E-state index contributed by atoms with van der Waals surface area (Å²) < 4.78 is 0. The molecule has 0 aromatic rings. The van der Waals surface area contributed by atoms with Gasteiger partial charge in [-0.25, -0.2) is 0 Å². The molecule has 1 saturated carbocycles. The molecule has 0 radical (unpaired) electrons. The van der Waals surface area contributed by atoms with Crippen molar-refractivity contribution in [2.24, 2.45) is 11.3 Å². The first-order valence-electron chi connectivity index (χ1n) is 8.45. The van der Waals surface area contributed by atoms with E-state index in [2.05, 4.69) is 13.8 Å². The van der Waals surface area contributed by atoms with Crippen molar-refractivity contribution in [3.05, 3.63) is 0 Å². The highest BCUT2D eigenvalue weighted by Gasteiger charge is 2.40. The van der Waals surface area contributed by atoms with Crippen molar-refractivity contribution in [2.45, 2.75) is 77.7 Å². The molecule has 4 nitrogen and oxygen atoms in total. The summed E-state index contributed by atoms with van der Waals surface area (Å²) in [5, 5.41) is 9.22. The summed E-state index contributed by atoms with van der Waals surface area (Å²) in [5.41, 5.74) is -0.286. The molecule has 0 aromatic carbocycles. The first-order valence-corrected chi connectivity index (χ1v) is 8.45. The zero-order valence-corrected chi connectivity index (χ0v) is 13.4. The second kappa shape index (κ2) is 6.80. The molecule has 0 aromatic heterocycles. The van der Waals surface area contributed by atoms with Crippen molar-refractivity contribution in [3.8, 4) is 0 Å². The molecule has 0 spiro atoms. The van der Waals surface area contributed by atoms with Crippen LogP contribution in [0.2, 0.25) is 0 Å². The molecular formula is C17H29NO3. The van der Waals surface area contributed by atoms with Gasteiger partial charge in [0.1, 0.15) is 0 Å². The minimum absolute atomic E-state index is 0.152. The van der Waals surface area contributed by atoms with Crippen molar-refractivity contribution >= 4 is 11.9 Å². The third-order valence-electron chi connectivity index (χ3n) is 5.36. The fraction of sp³-hybridized carbons (Fsp3) is 0.882. The minimum atomic E-state index is -0.758. The van der Waals surface area contributed by atoms with Crippen molar-refractivity contribution in [2.75, 3.05) is 6.54 Å². The monoisotopic (exact) mass is 295 g/mol. The lowest BCUT2D eigenvalue weighted by molar-refractivity contribution is -0.143. The molecule has 120 valence electrons. The zero-order valence-electron chi connectivity index (χ0n) is 13.4. The number of hydrogen-bond acceptors (Lipinski definition) is 2. The number of carbonyl (C=O) groups is 2. The summed E-state index contributed by atoms with van der Waals surface area (Å²) >= 11 is 0. The van der Waals surface area contributed by atoms with Crippen LogP contribution in [0.25, 0.3) is 0 Å². The van der Waals surface area contributed by atoms with Crippen LogP contribution in [0.3, 0.4) is 0 Å². The maximum atomic E-state index is 12.7. The van der Waals surface area contributed by atoms with Gasteiger partial charge in [-0.2, -0.15) is 0 Å². The van der Waals surface area contributed by atoms with Crippen molar-refractivity contribution in [1.29, 1.82) is 0 Å². The maximum absolute atomic E-state index is 12.7. The van der Waals surface area contributed by atoms with Crippen LogP contribution in [0.5, 0.6) is 0 Å².